The van der Waals surface area contributed by atoms with Crippen LogP contribution in [0.25, 0.3) is 10.2 Å². The van der Waals surface area contributed by atoms with Gasteiger partial charge in [-0.2, -0.15) is 0 Å². The molecule has 1 aromatic heterocycles. The fourth-order valence-corrected chi connectivity index (χ4v) is 3.33. The fraction of sp³-hybridized carbons (Fsp3) is 0.429. The molecule has 2 aromatic rings. The first-order valence-electron chi connectivity index (χ1n) is 6.82. The van der Waals surface area contributed by atoms with Crippen molar-refractivity contribution in [3.8, 4) is 0 Å². The third kappa shape index (κ3) is 3.15. The number of hydrogen-bond donors (Lipinski definition) is 2. The maximum atomic E-state index is 12.1. The lowest BCUT2D eigenvalue weighted by molar-refractivity contribution is -0.117. The van der Waals surface area contributed by atoms with Gasteiger partial charge < -0.3 is 10.6 Å². The van der Waals surface area contributed by atoms with Gasteiger partial charge in [-0.3, -0.25) is 9.69 Å². The van der Waals surface area contributed by atoms with Crippen molar-refractivity contribution in [1.82, 2.24) is 15.2 Å². The number of piperazine rings is 1. The average Bonchev–Trinajstić information content (AvgIpc) is 2.80. The van der Waals surface area contributed by atoms with Crippen molar-refractivity contribution in [1.29, 1.82) is 0 Å². The number of amides is 1. The van der Waals surface area contributed by atoms with Crippen LogP contribution in [-0.4, -0.2) is 48.0 Å². The molecule has 3 rings (SSSR count). The monoisotopic (exact) mass is 290 g/mol. The van der Waals surface area contributed by atoms with Crippen LogP contribution in [0.3, 0.4) is 0 Å². The first-order valence-corrected chi connectivity index (χ1v) is 7.63. The molecular formula is C14H18N4OS. The highest BCUT2D eigenvalue weighted by Gasteiger charge is 2.18. The molecule has 0 radical (unpaired) electrons. The molecule has 2 heterocycles. The molecule has 0 aliphatic carbocycles. The number of para-hydroxylation sites is 1. The highest BCUT2D eigenvalue weighted by molar-refractivity contribution is 7.22. The lowest BCUT2D eigenvalue weighted by Crippen LogP contribution is -2.51. The number of hydrogen-bond acceptors (Lipinski definition) is 5. The van der Waals surface area contributed by atoms with Gasteiger partial charge in [0.2, 0.25) is 5.91 Å². The molecule has 1 aromatic carbocycles. The molecule has 0 bridgehead atoms. The summed E-state index contributed by atoms with van der Waals surface area (Å²) in [6.45, 7) is 5.33. The van der Waals surface area contributed by atoms with Crippen LogP contribution in [0.4, 0.5) is 5.13 Å². The van der Waals surface area contributed by atoms with E-state index in [4.69, 9.17) is 0 Å². The zero-order chi connectivity index (χ0) is 13.9. The summed E-state index contributed by atoms with van der Waals surface area (Å²) in [4.78, 5) is 18.6. The summed E-state index contributed by atoms with van der Waals surface area (Å²) in [5.74, 6) is 0.0122. The summed E-state index contributed by atoms with van der Waals surface area (Å²) in [6.07, 6.45) is 0. The molecule has 6 heteroatoms. The summed E-state index contributed by atoms with van der Waals surface area (Å²) < 4.78 is 1.10. The third-order valence-electron chi connectivity index (χ3n) is 3.36. The van der Waals surface area contributed by atoms with Gasteiger partial charge in [0.1, 0.15) is 0 Å². The smallest absolute Gasteiger partial charge is 0.240 e. The Balaban J connectivity index is 1.60. The van der Waals surface area contributed by atoms with Crippen molar-refractivity contribution in [3.63, 3.8) is 0 Å². The number of nitrogens with zero attached hydrogens (tertiary/aromatic N) is 2. The number of anilines is 1. The quantitative estimate of drug-likeness (QED) is 0.900. The van der Waals surface area contributed by atoms with Gasteiger partial charge >= 0.3 is 0 Å². The maximum Gasteiger partial charge on any atom is 0.240 e. The second kappa shape index (κ2) is 5.87. The molecule has 0 saturated carbocycles. The highest BCUT2D eigenvalue weighted by atomic mass is 32.1. The first-order chi connectivity index (χ1) is 9.70. The second-order valence-electron chi connectivity index (χ2n) is 5.13. The highest BCUT2D eigenvalue weighted by Crippen LogP contribution is 2.25. The number of carbonyl (C=O) groups is 1. The summed E-state index contributed by atoms with van der Waals surface area (Å²) in [5.41, 5.74) is 0.934. The van der Waals surface area contributed by atoms with Crippen molar-refractivity contribution < 1.29 is 4.79 Å². The number of carbonyl (C=O) groups excluding carboxylic acids is 1. The Morgan fingerprint density at radius 2 is 2.40 bits per heavy atom. The number of thiazole rings is 1. The van der Waals surface area contributed by atoms with E-state index in [1.165, 1.54) is 11.3 Å². The standard InChI is InChI=1S/C14H18N4OS/c1-10-8-18(7-6-15-10)9-13(19)17-14-16-11-4-2-3-5-12(11)20-14/h2-5,10,15H,6-9H2,1H3,(H,16,17,19)/t10-/m1/s1. The van der Waals surface area contributed by atoms with Gasteiger partial charge in [0.25, 0.3) is 0 Å². The Morgan fingerprint density at radius 3 is 3.20 bits per heavy atom. The van der Waals surface area contributed by atoms with E-state index in [2.05, 4.69) is 27.4 Å². The predicted molar refractivity (Wildman–Crippen MR) is 82.2 cm³/mol. The van der Waals surface area contributed by atoms with Gasteiger partial charge in [0, 0.05) is 25.7 Å². The SMILES string of the molecule is C[C@@H]1CN(CC(=O)Nc2nc3ccccc3s2)CCN1. The molecule has 1 amide bonds. The predicted octanol–water partition coefficient (Wildman–Crippen LogP) is 1.53. The van der Waals surface area contributed by atoms with Crippen LogP contribution >= 0.6 is 11.3 Å². The summed E-state index contributed by atoms with van der Waals surface area (Å²) >= 11 is 1.51. The van der Waals surface area contributed by atoms with E-state index in [-0.39, 0.29) is 5.91 Å². The summed E-state index contributed by atoms with van der Waals surface area (Å²) in [5, 5.41) is 6.95. The molecule has 1 atom stereocenters. The van der Waals surface area contributed by atoms with Crippen LogP contribution < -0.4 is 10.6 Å². The normalized spacial score (nSPS) is 20.1. The van der Waals surface area contributed by atoms with E-state index in [0.29, 0.717) is 17.7 Å². The van der Waals surface area contributed by atoms with E-state index in [1.807, 2.05) is 24.3 Å². The van der Waals surface area contributed by atoms with Crippen LogP contribution in [-0.2, 0) is 4.79 Å². The van der Waals surface area contributed by atoms with Crippen molar-refractivity contribution >= 4 is 32.6 Å². The van der Waals surface area contributed by atoms with Crippen molar-refractivity contribution in [3.05, 3.63) is 24.3 Å². The molecule has 106 valence electrons. The Morgan fingerprint density at radius 1 is 1.55 bits per heavy atom. The van der Waals surface area contributed by atoms with Gasteiger partial charge in [0.05, 0.1) is 16.8 Å². The lowest BCUT2D eigenvalue weighted by Gasteiger charge is -2.31. The van der Waals surface area contributed by atoms with Crippen molar-refractivity contribution in [2.24, 2.45) is 0 Å². The van der Waals surface area contributed by atoms with E-state index in [1.54, 1.807) is 0 Å². The minimum atomic E-state index is 0.0122. The number of benzene rings is 1. The van der Waals surface area contributed by atoms with E-state index in [0.717, 1.165) is 29.9 Å². The third-order valence-corrected chi connectivity index (χ3v) is 4.31. The molecule has 1 aliphatic rings. The van der Waals surface area contributed by atoms with Crippen LogP contribution in [0, 0.1) is 0 Å². The molecule has 1 aliphatic heterocycles. The van der Waals surface area contributed by atoms with E-state index < -0.39 is 0 Å². The van der Waals surface area contributed by atoms with Gasteiger partial charge in [-0.15, -0.1) is 0 Å². The van der Waals surface area contributed by atoms with Gasteiger partial charge in [-0.1, -0.05) is 23.5 Å². The zero-order valence-electron chi connectivity index (χ0n) is 11.4. The van der Waals surface area contributed by atoms with Crippen molar-refractivity contribution in [2.45, 2.75) is 13.0 Å². The Kier molecular flexibility index (Phi) is 3.95. The van der Waals surface area contributed by atoms with E-state index in [9.17, 15) is 4.79 Å². The number of aromatic nitrogens is 1. The van der Waals surface area contributed by atoms with Crippen LogP contribution in [0.2, 0.25) is 0 Å². The molecule has 1 saturated heterocycles. The number of nitrogens with one attached hydrogen (secondary N) is 2. The Bertz CT molecular complexity index is 579. The topological polar surface area (TPSA) is 57.3 Å². The molecule has 2 N–H and O–H groups in total. The number of fused-ring (bicyclic) bond motifs is 1. The second-order valence-corrected chi connectivity index (χ2v) is 6.16. The summed E-state index contributed by atoms with van der Waals surface area (Å²) in [6, 6.07) is 8.35. The molecular weight excluding hydrogens is 272 g/mol. The maximum absolute atomic E-state index is 12.1. The van der Waals surface area contributed by atoms with Crippen LogP contribution in [0.5, 0.6) is 0 Å². The molecule has 5 nitrogen and oxygen atoms in total. The first kappa shape index (κ1) is 13.5. The van der Waals surface area contributed by atoms with Gasteiger partial charge in [0.15, 0.2) is 5.13 Å². The van der Waals surface area contributed by atoms with Gasteiger partial charge in [-0.05, 0) is 19.1 Å². The number of rotatable bonds is 3. The van der Waals surface area contributed by atoms with E-state index >= 15 is 0 Å². The van der Waals surface area contributed by atoms with Crippen molar-refractivity contribution in [2.75, 3.05) is 31.5 Å². The minimum Gasteiger partial charge on any atom is -0.312 e. The zero-order valence-corrected chi connectivity index (χ0v) is 12.2. The van der Waals surface area contributed by atoms with Crippen LogP contribution in [0.1, 0.15) is 6.92 Å². The molecule has 20 heavy (non-hydrogen) atoms. The molecule has 0 unspecified atom stereocenters. The molecule has 0 spiro atoms. The molecule has 1 fully saturated rings. The Labute approximate surface area is 122 Å². The average molecular weight is 290 g/mol. The fourth-order valence-electron chi connectivity index (χ4n) is 2.44. The van der Waals surface area contributed by atoms with Crippen LogP contribution in [0.15, 0.2) is 24.3 Å². The van der Waals surface area contributed by atoms with Gasteiger partial charge in [-0.25, -0.2) is 4.98 Å². The minimum absolute atomic E-state index is 0.0122. The lowest BCUT2D eigenvalue weighted by atomic mass is 10.2. The summed E-state index contributed by atoms with van der Waals surface area (Å²) in [7, 11) is 0. The Hall–Kier alpha value is -1.50. The largest absolute Gasteiger partial charge is 0.312 e.